The predicted octanol–water partition coefficient (Wildman–Crippen LogP) is 3.03. The van der Waals surface area contributed by atoms with Crippen LogP contribution < -0.4 is 15.0 Å². The second-order valence-electron chi connectivity index (χ2n) is 8.40. The van der Waals surface area contributed by atoms with Gasteiger partial charge in [-0.05, 0) is 56.0 Å². The minimum absolute atomic E-state index is 0.0928. The van der Waals surface area contributed by atoms with Crippen molar-refractivity contribution in [2.75, 3.05) is 31.6 Å². The van der Waals surface area contributed by atoms with Crippen LogP contribution in [0.15, 0.2) is 36.5 Å². The smallest absolute Gasteiger partial charge is 0.233 e. The molecular formula is C23H25FN6O2. The number of benzene rings is 1. The summed E-state index contributed by atoms with van der Waals surface area (Å²) in [4.78, 5) is 2.20. The zero-order valence-electron chi connectivity index (χ0n) is 17.8. The molecule has 1 saturated heterocycles. The number of anilines is 1. The molecule has 2 aromatic heterocycles. The van der Waals surface area contributed by atoms with E-state index >= 15 is 0 Å². The molecule has 3 aromatic rings. The molecule has 32 heavy (non-hydrogen) atoms. The Morgan fingerprint density at radius 3 is 2.75 bits per heavy atom. The molecule has 166 valence electrons. The Morgan fingerprint density at radius 2 is 2.00 bits per heavy atom. The highest BCUT2D eigenvalue weighted by Crippen LogP contribution is 2.35. The fourth-order valence-electron chi connectivity index (χ4n) is 4.01. The molecule has 0 amide bonds. The highest BCUT2D eigenvalue weighted by Gasteiger charge is 2.27. The van der Waals surface area contributed by atoms with Gasteiger partial charge < -0.3 is 20.1 Å². The van der Waals surface area contributed by atoms with Crippen molar-refractivity contribution in [3.8, 4) is 34.0 Å². The van der Waals surface area contributed by atoms with Crippen LogP contribution in [0, 0.1) is 11.7 Å². The number of hydrogen-bond acceptors (Lipinski definition) is 8. The van der Waals surface area contributed by atoms with Crippen molar-refractivity contribution in [1.82, 2.24) is 25.7 Å². The van der Waals surface area contributed by atoms with Crippen LogP contribution in [-0.2, 0) is 0 Å². The maximum absolute atomic E-state index is 14.9. The SMILES string of the molecule is COc1cc(-c2cc(O)c(-c3ccc(N4CC[C@@H](NCC5CC5)C4)nn3)cc2F)cnn1. The molecule has 3 heterocycles. The van der Waals surface area contributed by atoms with Crippen molar-refractivity contribution in [3.63, 3.8) is 0 Å². The van der Waals surface area contributed by atoms with E-state index in [9.17, 15) is 9.50 Å². The van der Waals surface area contributed by atoms with Crippen molar-refractivity contribution < 1.29 is 14.2 Å². The Hall–Kier alpha value is -3.33. The normalized spacial score (nSPS) is 18.2. The van der Waals surface area contributed by atoms with Gasteiger partial charge in [-0.2, -0.15) is 5.10 Å². The van der Waals surface area contributed by atoms with Crippen molar-refractivity contribution in [2.24, 2.45) is 5.92 Å². The van der Waals surface area contributed by atoms with Crippen LogP contribution in [0.5, 0.6) is 11.6 Å². The van der Waals surface area contributed by atoms with Crippen LogP contribution in [-0.4, -0.2) is 58.3 Å². The second-order valence-corrected chi connectivity index (χ2v) is 8.40. The van der Waals surface area contributed by atoms with Crippen LogP contribution in [0.25, 0.3) is 22.4 Å². The van der Waals surface area contributed by atoms with Gasteiger partial charge in [-0.3, -0.25) is 0 Å². The third-order valence-corrected chi connectivity index (χ3v) is 6.07. The topological polar surface area (TPSA) is 96.3 Å². The monoisotopic (exact) mass is 436 g/mol. The first-order chi connectivity index (χ1) is 15.6. The number of phenolic OH excluding ortho intramolecular Hbond substituents is 1. The summed E-state index contributed by atoms with van der Waals surface area (Å²) in [5, 5.41) is 30.4. The summed E-state index contributed by atoms with van der Waals surface area (Å²) >= 11 is 0. The molecule has 5 rings (SSSR count). The molecule has 1 aromatic carbocycles. The fraction of sp³-hybridized carbons (Fsp3) is 0.391. The van der Waals surface area contributed by atoms with Gasteiger partial charge in [0.2, 0.25) is 5.88 Å². The molecule has 2 aliphatic rings. The maximum Gasteiger partial charge on any atom is 0.233 e. The lowest BCUT2D eigenvalue weighted by atomic mass is 10.0. The van der Waals surface area contributed by atoms with Gasteiger partial charge in [-0.1, -0.05) is 0 Å². The first-order valence-electron chi connectivity index (χ1n) is 10.8. The quantitative estimate of drug-likeness (QED) is 0.584. The zero-order chi connectivity index (χ0) is 22.1. The highest BCUT2D eigenvalue weighted by molar-refractivity contribution is 5.75. The van der Waals surface area contributed by atoms with Crippen molar-refractivity contribution in [2.45, 2.75) is 25.3 Å². The molecule has 1 atom stereocenters. The lowest BCUT2D eigenvalue weighted by Crippen LogP contribution is -2.34. The van der Waals surface area contributed by atoms with Gasteiger partial charge in [-0.15, -0.1) is 15.3 Å². The van der Waals surface area contributed by atoms with Crippen LogP contribution in [0.3, 0.4) is 0 Å². The number of halogens is 1. The Morgan fingerprint density at radius 1 is 1.12 bits per heavy atom. The van der Waals surface area contributed by atoms with Crippen LogP contribution in [0.1, 0.15) is 19.3 Å². The zero-order valence-corrected chi connectivity index (χ0v) is 17.8. The lowest BCUT2D eigenvalue weighted by molar-refractivity contribution is 0.392. The maximum atomic E-state index is 14.9. The Kier molecular flexibility index (Phi) is 5.57. The number of aromatic hydroxyl groups is 1. The van der Waals surface area contributed by atoms with E-state index in [4.69, 9.17) is 4.74 Å². The molecule has 8 nitrogen and oxygen atoms in total. The van der Waals surface area contributed by atoms with E-state index in [1.807, 2.05) is 6.07 Å². The van der Waals surface area contributed by atoms with E-state index in [2.05, 4.69) is 30.6 Å². The molecular weight excluding hydrogens is 411 g/mol. The third-order valence-electron chi connectivity index (χ3n) is 6.07. The van der Waals surface area contributed by atoms with Gasteiger partial charge in [0.25, 0.3) is 0 Å². The second kappa shape index (κ2) is 8.66. The number of nitrogens with zero attached hydrogens (tertiary/aromatic N) is 5. The molecule has 0 bridgehead atoms. The van der Waals surface area contributed by atoms with E-state index in [-0.39, 0.29) is 22.8 Å². The molecule has 2 fully saturated rings. The summed E-state index contributed by atoms with van der Waals surface area (Å²) in [5.41, 5.74) is 1.34. The summed E-state index contributed by atoms with van der Waals surface area (Å²) in [6.45, 7) is 2.93. The predicted molar refractivity (Wildman–Crippen MR) is 118 cm³/mol. The van der Waals surface area contributed by atoms with Gasteiger partial charge >= 0.3 is 0 Å². The Labute approximate surface area is 185 Å². The van der Waals surface area contributed by atoms with Gasteiger partial charge in [-0.25, -0.2) is 4.39 Å². The molecule has 2 N–H and O–H groups in total. The van der Waals surface area contributed by atoms with E-state index in [0.717, 1.165) is 37.8 Å². The standard InChI is InChI=1S/C23H25FN6O2/c1-32-23-8-15(12-26-29-23)17-10-21(31)18(9-19(17)24)20-4-5-22(28-27-20)30-7-6-16(13-30)25-11-14-2-3-14/h4-5,8-10,12,14,16,25,31H,2-3,6-7,11,13H2,1H3/t16-/m1/s1. The third kappa shape index (κ3) is 4.34. The molecule has 1 aliphatic carbocycles. The molecule has 0 radical (unpaired) electrons. The number of rotatable bonds is 7. The van der Waals surface area contributed by atoms with Gasteiger partial charge in [0.1, 0.15) is 11.6 Å². The summed E-state index contributed by atoms with van der Waals surface area (Å²) in [5.74, 6) is 1.31. The summed E-state index contributed by atoms with van der Waals surface area (Å²) < 4.78 is 19.9. The fourth-order valence-corrected chi connectivity index (χ4v) is 4.01. The first-order valence-corrected chi connectivity index (χ1v) is 10.8. The average molecular weight is 436 g/mol. The Balaban J connectivity index is 1.32. The largest absolute Gasteiger partial charge is 0.507 e. The van der Waals surface area contributed by atoms with E-state index < -0.39 is 5.82 Å². The Bertz CT molecular complexity index is 1110. The van der Waals surface area contributed by atoms with E-state index in [1.165, 1.54) is 38.3 Å². The molecule has 0 unspecified atom stereocenters. The summed E-state index contributed by atoms with van der Waals surface area (Å²) in [6.07, 6.45) is 5.19. The van der Waals surface area contributed by atoms with E-state index in [1.54, 1.807) is 12.1 Å². The molecule has 0 spiro atoms. The highest BCUT2D eigenvalue weighted by atomic mass is 19.1. The summed E-state index contributed by atoms with van der Waals surface area (Å²) in [7, 11) is 1.46. The number of phenols is 1. The van der Waals surface area contributed by atoms with Crippen LogP contribution >= 0.6 is 0 Å². The lowest BCUT2D eigenvalue weighted by Gasteiger charge is -2.17. The average Bonchev–Trinajstić information content (AvgIpc) is 3.54. The molecule has 1 saturated carbocycles. The number of nitrogens with one attached hydrogen (secondary N) is 1. The van der Waals surface area contributed by atoms with Gasteiger partial charge in [0.15, 0.2) is 5.82 Å². The van der Waals surface area contributed by atoms with Gasteiger partial charge in [0.05, 0.1) is 19.0 Å². The molecule has 9 heteroatoms. The van der Waals surface area contributed by atoms with Crippen LogP contribution in [0.4, 0.5) is 10.2 Å². The van der Waals surface area contributed by atoms with Crippen LogP contribution in [0.2, 0.25) is 0 Å². The van der Waals surface area contributed by atoms with Crippen molar-refractivity contribution in [3.05, 3.63) is 42.3 Å². The number of aromatic nitrogens is 4. The first kappa shape index (κ1) is 20.6. The minimum atomic E-state index is -0.511. The summed E-state index contributed by atoms with van der Waals surface area (Å²) in [6, 6.07) is 8.28. The van der Waals surface area contributed by atoms with Crippen molar-refractivity contribution in [1.29, 1.82) is 0 Å². The minimum Gasteiger partial charge on any atom is -0.507 e. The molecule has 1 aliphatic heterocycles. The number of methoxy groups -OCH3 is 1. The van der Waals surface area contributed by atoms with Crippen molar-refractivity contribution >= 4 is 5.82 Å². The van der Waals surface area contributed by atoms with Gasteiger partial charge in [0, 0.05) is 41.9 Å². The number of hydrogen-bond donors (Lipinski definition) is 2. The number of ether oxygens (including phenoxy) is 1. The van der Waals surface area contributed by atoms with E-state index in [0.29, 0.717) is 17.3 Å².